The Kier molecular flexibility index (Phi) is 3.25. The lowest BCUT2D eigenvalue weighted by atomic mass is 9.70. The van der Waals surface area contributed by atoms with Crippen molar-refractivity contribution in [1.29, 1.82) is 0 Å². The van der Waals surface area contributed by atoms with E-state index in [9.17, 15) is 4.79 Å². The van der Waals surface area contributed by atoms with Crippen LogP contribution < -0.4 is 5.73 Å². The number of carbonyl (C=O) groups is 1. The van der Waals surface area contributed by atoms with Gasteiger partial charge in [0.15, 0.2) is 0 Å². The van der Waals surface area contributed by atoms with E-state index in [1.165, 1.54) is 12.8 Å². The van der Waals surface area contributed by atoms with Crippen molar-refractivity contribution < 1.29 is 9.53 Å². The zero-order chi connectivity index (χ0) is 13.7. The SMILES string of the molecule is CC(C)C(N)C(=O)OC1CC2CCC1(C)C2(C)C. The minimum Gasteiger partial charge on any atom is -0.461 e. The fraction of sp³-hybridized carbons (Fsp3) is 0.933. The van der Waals surface area contributed by atoms with E-state index in [4.69, 9.17) is 10.5 Å². The Labute approximate surface area is 110 Å². The average Bonchev–Trinajstić information content (AvgIpc) is 2.60. The van der Waals surface area contributed by atoms with Crippen LogP contribution in [0.15, 0.2) is 0 Å². The van der Waals surface area contributed by atoms with Gasteiger partial charge in [0.05, 0.1) is 0 Å². The van der Waals surface area contributed by atoms with Crippen molar-refractivity contribution in [1.82, 2.24) is 0 Å². The van der Waals surface area contributed by atoms with Crippen molar-refractivity contribution in [3.63, 3.8) is 0 Å². The van der Waals surface area contributed by atoms with Crippen LogP contribution in [0.25, 0.3) is 0 Å². The van der Waals surface area contributed by atoms with E-state index in [0.29, 0.717) is 5.92 Å². The number of ether oxygens (including phenoxy) is 1. The summed E-state index contributed by atoms with van der Waals surface area (Å²) < 4.78 is 5.74. The molecule has 2 bridgehead atoms. The van der Waals surface area contributed by atoms with Crippen molar-refractivity contribution in [3.05, 3.63) is 0 Å². The quantitative estimate of drug-likeness (QED) is 0.787. The maximum Gasteiger partial charge on any atom is 0.323 e. The van der Waals surface area contributed by atoms with E-state index >= 15 is 0 Å². The van der Waals surface area contributed by atoms with Crippen molar-refractivity contribution >= 4 is 5.97 Å². The van der Waals surface area contributed by atoms with Gasteiger partial charge in [-0.25, -0.2) is 0 Å². The molecule has 104 valence electrons. The van der Waals surface area contributed by atoms with Crippen LogP contribution in [-0.2, 0) is 9.53 Å². The Balaban J connectivity index is 2.07. The molecule has 0 amide bonds. The third-order valence-electron chi connectivity index (χ3n) is 5.96. The molecule has 0 saturated heterocycles. The molecule has 2 fully saturated rings. The van der Waals surface area contributed by atoms with Crippen LogP contribution in [0.4, 0.5) is 0 Å². The predicted octanol–water partition coefficient (Wildman–Crippen LogP) is 2.73. The molecule has 0 heterocycles. The van der Waals surface area contributed by atoms with Gasteiger partial charge in [0.2, 0.25) is 0 Å². The normalized spacial score (nSPS) is 39.1. The largest absolute Gasteiger partial charge is 0.461 e. The molecule has 2 aliphatic rings. The fourth-order valence-electron chi connectivity index (χ4n) is 3.80. The van der Waals surface area contributed by atoms with Crippen LogP contribution in [0.2, 0.25) is 0 Å². The summed E-state index contributed by atoms with van der Waals surface area (Å²) in [6.07, 6.45) is 3.51. The van der Waals surface area contributed by atoms with Gasteiger partial charge in [0.25, 0.3) is 0 Å². The highest BCUT2D eigenvalue weighted by molar-refractivity contribution is 5.76. The van der Waals surface area contributed by atoms with Crippen LogP contribution in [0.5, 0.6) is 0 Å². The van der Waals surface area contributed by atoms with E-state index in [0.717, 1.165) is 6.42 Å². The Bertz CT molecular complexity index is 350. The average molecular weight is 253 g/mol. The highest BCUT2D eigenvalue weighted by atomic mass is 16.5. The smallest absolute Gasteiger partial charge is 0.323 e. The van der Waals surface area contributed by atoms with E-state index in [1.54, 1.807) is 0 Å². The van der Waals surface area contributed by atoms with E-state index in [-0.39, 0.29) is 28.8 Å². The van der Waals surface area contributed by atoms with Crippen LogP contribution >= 0.6 is 0 Å². The lowest BCUT2D eigenvalue weighted by molar-refractivity contribution is -0.159. The molecule has 4 unspecified atom stereocenters. The summed E-state index contributed by atoms with van der Waals surface area (Å²) in [5.74, 6) is 0.604. The third-order valence-corrected chi connectivity index (χ3v) is 5.96. The fourth-order valence-corrected chi connectivity index (χ4v) is 3.80. The van der Waals surface area contributed by atoms with Crippen LogP contribution in [0.1, 0.15) is 53.9 Å². The number of esters is 1. The van der Waals surface area contributed by atoms with Crippen molar-refractivity contribution in [3.8, 4) is 0 Å². The first-order valence-corrected chi connectivity index (χ1v) is 7.16. The summed E-state index contributed by atoms with van der Waals surface area (Å²) in [4.78, 5) is 12.0. The summed E-state index contributed by atoms with van der Waals surface area (Å²) in [7, 11) is 0. The molecule has 0 aromatic carbocycles. The lowest BCUT2D eigenvalue weighted by Crippen LogP contribution is -2.44. The van der Waals surface area contributed by atoms with Crippen molar-refractivity contribution in [2.75, 3.05) is 0 Å². The van der Waals surface area contributed by atoms with Crippen molar-refractivity contribution in [2.24, 2.45) is 28.4 Å². The number of hydrogen-bond donors (Lipinski definition) is 1. The summed E-state index contributed by atoms with van der Waals surface area (Å²) in [6.45, 7) is 10.8. The van der Waals surface area contributed by atoms with Crippen LogP contribution in [0.3, 0.4) is 0 Å². The molecule has 0 radical (unpaired) electrons. The summed E-state index contributed by atoms with van der Waals surface area (Å²) in [5, 5.41) is 0. The van der Waals surface area contributed by atoms with E-state index in [1.807, 2.05) is 13.8 Å². The summed E-state index contributed by atoms with van der Waals surface area (Å²) in [6, 6.07) is -0.490. The molecule has 2 aliphatic carbocycles. The molecule has 18 heavy (non-hydrogen) atoms. The molecule has 3 nitrogen and oxygen atoms in total. The Morgan fingerprint density at radius 3 is 2.33 bits per heavy atom. The number of nitrogens with two attached hydrogens (primary N) is 1. The molecule has 0 aromatic heterocycles. The Morgan fingerprint density at radius 1 is 1.33 bits per heavy atom. The molecule has 0 aliphatic heterocycles. The van der Waals surface area contributed by atoms with Gasteiger partial charge in [-0.15, -0.1) is 0 Å². The second-order valence-electron chi connectivity index (χ2n) is 7.31. The van der Waals surface area contributed by atoms with Gasteiger partial charge in [-0.1, -0.05) is 34.6 Å². The molecule has 3 heteroatoms. The first kappa shape index (κ1) is 13.9. The first-order valence-electron chi connectivity index (χ1n) is 7.16. The molecular weight excluding hydrogens is 226 g/mol. The van der Waals surface area contributed by atoms with Gasteiger partial charge >= 0.3 is 5.97 Å². The van der Waals surface area contributed by atoms with Gasteiger partial charge in [-0.2, -0.15) is 0 Å². The molecule has 0 aromatic rings. The summed E-state index contributed by atoms with van der Waals surface area (Å²) in [5.41, 5.74) is 6.28. The van der Waals surface area contributed by atoms with Gasteiger partial charge in [0, 0.05) is 5.41 Å². The maximum absolute atomic E-state index is 12.0. The molecular formula is C15H27NO2. The van der Waals surface area contributed by atoms with Gasteiger partial charge in [-0.05, 0) is 36.5 Å². The van der Waals surface area contributed by atoms with Gasteiger partial charge in [-0.3, -0.25) is 4.79 Å². The van der Waals surface area contributed by atoms with E-state index < -0.39 is 6.04 Å². The highest BCUT2D eigenvalue weighted by Crippen LogP contribution is 2.66. The van der Waals surface area contributed by atoms with Crippen LogP contribution in [-0.4, -0.2) is 18.1 Å². The number of rotatable bonds is 3. The zero-order valence-corrected chi connectivity index (χ0v) is 12.3. The molecule has 2 saturated carbocycles. The maximum atomic E-state index is 12.0. The minimum absolute atomic E-state index is 0.0588. The standard InChI is InChI=1S/C15H27NO2/c1-9(2)12(16)13(17)18-11-8-10-6-7-15(11,5)14(10,3)4/h9-12H,6-8,16H2,1-5H3. The number of hydrogen-bond acceptors (Lipinski definition) is 3. The Hall–Kier alpha value is -0.570. The topological polar surface area (TPSA) is 52.3 Å². The summed E-state index contributed by atoms with van der Waals surface area (Å²) >= 11 is 0. The predicted molar refractivity (Wildman–Crippen MR) is 71.9 cm³/mol. The second-order valence-corrected chi connectivity index (χ2v) is 7.31. The number of carbonyl (C=O) groups excluding carboxylic acids is 1. The van der Waals surface area contributed by atoms with Gasteiger partial charge in [0.1, 0.15) is 12.1 Å². The molecule has 0 spiro atoms. The highest BCUT2D eigenvalue weighted by Gasteiger charge is 2.62. The second kappa shape index (κ2) is 4.22. The van der Waals surface area contributed by atoms with Gasteiger partial charge < -0.3 is 10.5 Å². The van der Waals surface area contributed by atoms with Crippen molar-refractivity contribution in [2.45, 2.75) is 66.0 Å². The Morgan fingerprint density at radius 2 is 1.94 bits per heavy atom. The molecule has 4 atom stereocenters. The monoisotopic (exact) mass is 253 g/mol. The van der Waals surface area contributed by atoms with Crippen LogP contribution in [0, 0.1) is 22.7 Å². The lowest BCUT2D eigenvalue weighted by Gasteiger charge is -2.38. The first-order chi connectivity index (χ1) is 8.20. The third kappa shape index (κ3) is 1.78. The number of fused-ring (bicyclic) bond motifs is 2. The molecule has 2 rings (SSSR count). The van der Waals surface area contributed by atoms with E-state index in [2.05, 4.69) is 20.8 Å². The minimum atomic E-state index is -0.490. The zero-order valence-electron chi connectivity index (χ0n) is 12.3. The molecule has 2 N–H and O–H groups in total.